The van der Waals surface area contributed by atoms with E-state index in [1.165, 1.54) is 31.2 Å². The molecule has 0 bridgehead atoms. The first-order valence-corrected chi connectivity index (χ1v) is 7.79. The summed E-state index contributed by atoms with van der Waals surface area (Å²) in [5.41, 5.74) is 5.46. The number of piperidine rings is 1. The van der Waals surface area contributed by atoms with Gasteiger partial charge in [-0.15, -0.1) is 0 Å². The average Bonchev–Trinajstić information content (AvgIpc) is 2.86. The van der Waals surface area contributed by atoms with Crippen molar-refractivity contribution in [2.24, 2.45) is 4.99 Å². The Labute approximate surface area is 133 Å². The van der Waals surface area contributed by atoms with Crippen molar-refractivity contribution in [3.8, 4) is 0 Å². The van der Waals surface area contributed by atoms with Gasteiger partial charge in [0.2, 0.25) is 0 Å². The summed E-state index contributed by atoms with van der Waals surface area (Å²) in [5, 5.41) is 0. The minimum Gasteiger partial charge on any atom is -0.371 e. The highest BCUT2D eigenvalue weighted by Crippen LogP contribution is 2.23. The van der Waals surface area contributed by atoms with E-state index in [1.54, 1.807) is 0 Å². The van der Waals surface area contributed by atoms with E-state index >= 15 is 0 Å². The van der Waals surface area contributed by atoms with Crippen LogP contribution in [-0.2, 0) is 0 Å². The standard InChI is InChI=1S/C19H25N3/c1-5-16(22-11-9-8-10-12-22)13-19-15(4)17(14-20-7-3)18(6-2)21-19/h5-7,13-14,21H,1-3,8-12H2,4H3/b16-13+,20-14-. The van der Waals surface area contributed by atoms with Crippen LogP contribution in [0.2, 0.25) is 0 Å². The van der Waals surface area contributed by atoms with E-state index in [4.69, 9.17) is 0 Å². The van der Waals surface area contributed by atoms with Gasteiger partial charge in [-0.25, -0.2) is 0 Å². The Morgan fingerprint density at radius 2 is 1.86 bits per heavy atom. The molecular weight excluding hydrogens is 270 g/mol. The zero-order chi connectivity index (χ0) is 15.9. The summed E-state index contributed by atoms with van der Waals surface area (Å²) in [7, 11) is 0. The van der Waals surface area contributed by atoms with Crippen LogP contribution in [0.25, 0.3) is 12.2 Å². The Morgan fingerprint density at radius 1 is 1.14 bits per heavy atom. The van der Waals surface area contributed by atoms with Gasteiger partial charge in [0.15, 0.2) is 0 Å². The highest BCUT2D eigenvalue weighted by atomic mass is 15.1. The zero-order valence-corrected chi connectivity index (χ0v) is 13.4. The molecule has 1 aromatic rings. The SMILES string of the molecule is C=C/N=C\c1c(C=C)[nH]c(/C=C(\C=C)N2CCCCC2)c1C. The van der Waals surface area contributed by atoms with Crippen LogP contribution in [0.3, 0.4) is 0 Å². The number of likely N-dealkylation sites (tertiary alicyclic amines) is 1. The lowest BCUT2D eigenvalue weighted by Crippen LogP contribution is -2.28. The second kappa shape index (κ2) is 7.64. The van der Waals surface area contributed by atoms with Gasteiger partial charge in [0.1, 0.15) is 0 Å². The van der Waals surface area contributed by atoms with Crippen LogP contribution in [0.5, 0.6) is 0 Å². The molecule has 0 unspecified atom stereocenters. The van der Waals surface area contributed by atoms with Gasteiger partial charge in [-0.2, -0.15) is 0 Å². The number of aliphatic imine (C=N–C) groups is 1. The van der Waals surface area contributed by atoms with Crippen molar-refractivity contribution in [2.45, 2.75) is 26.2 Å². The van der Waals surface area contributed by atoms with Crippen molar-refractivity contribution in [2.75, 3.05) is 13.1 Å². The molecule has 0 spiro atoms. The number of nitrogens with zero attached hydrogens (tertiary/aromatic N) is 2. The first-order chi connectivity index (χ1) is 10.7. The summed E-state index contributed by atoms with van der Waals surface area (Å²) < 4.78 is 0. The Hall–Kier alpha value is -2.29. The number of hydrogen-bond acceptors (Lipinski definition) is 2. The molecule has 0 atom stereocenters. The fraction of sp³-hybridized carbons (Fsp3) is 0.316. The zero-order valence-electron chi connectivity index (χ0n) is 13.4. The van der Waals surface area contributed by atoms with E-state index in [2.05, 4.69) is 47.6 Å². The Kier molecular flexibility index (Phi) is 5.59. The molecule has 3 heteroatoms. The number of aromatic nitrogens is 1. The number of hydrogen-bond donors (Lipinski definition) is 1. The third kappa shape index (κ3) is 3.48. The second-order valence-electron chi connectivity index (χ2n) is 5.48. The molecule has 0 aliphatic carbocycles. The van der Waals surface area contributed by atoms with E-state index in [9.17, 15) is 0 Å². The van der Waals surface area contributed by atoms with Gasteiger partial charge >= 0.3 is 0 Å². The molecule has 1 saturated heterocycles. The highest BCUT2D eigenvalue weighted by molar-refractivity contribution is 5.88. The molecule has 1 N–H and O–H groups in total. The average molecular weight is 295 g/mol. The molecule has 0 radical (unpaired) electrons. The molecule has 1 aliphatic rings. The van der Waals surface area contributed by atoms with E-state index in [0.29, 0.717) is 0 Å². The van der Waals surface area contributed by atoms with Crippen LogP contribution >= 0.6 is 0 Å². The third-order valence-electron chi connectivity index (χ3n) is 4.10. The van der Waals surface area contributed by atoms with Crippen molar-refractivity contribution < 1.29 is 0 Å². The van der Waals surface area contributed by atoms with Gasteiger partial charge in [-0.3, -0.25) is 4.99 Å². The van der Waals surface area contributed by atoms with E-state index in [0.717, 1.165) is 35.6 Å². The molecule has 116 valence electrons. The third-order valence-corrected chi connectivity index (χ3v) is 4.10. The van der Waals surface area contributed by atoms with Gasteiger partial charge in [-0.05, 0) is 50.0 Å². The lowest BCUT2D eigenvalue weighted by Gasteiger charge is -2.29. The second-order valence-corrected chi connectivity index (χ2v) is 5.48. The molecular formula is C19H25N3. The fourth-order valence-electron chi connectivity index (χ4n) is 2.83. The predicted molar refractivity (Wildman–Crippen MR) is 97.0 cm³/mol. The molecule has 0 amide bonds. The van der Waals surface area contributed by atoms with Crippen LogP contribution in [0.15, 0.2) is 42.7 Å². The summed E-state index contributed by atoms with van der Waals surface area (Å²) in [6.45, 7) is 15.8. The van der Waals surface area contributed by atoms with Crippen LogP contribution in [0.1, 0.15) is 41.8 Å². The summed E-state index contributed by atoms with van der Waals surface area (Å²) in [4.78, 5) is 9.96. The smallest absolute Gasteiger partial charge is 0.0471 e. The van der Waals surface area contributed by atoms with Crippen LogP contribution in [0, 0.1) is 6.92 Å². The van der Waals surface area contributed by atoms with Gasteiger partial charge in [-0.1, -0.05) is 19.7 Å². The molecule has 0 aromatic carbocycles. The molecule has 1 aliphatic heterocycles. The molecule has 0 saturated carbocycles. The maximum atomic E-state index is 4.13. The molecule has 22 heavy (non-hydrogen) atoms. The molecule has 3 nitrogen and oxygen atoms in total. The fourth-order valence-corrected chi connectivity index (χ4v) is 2.83. The molecule has 2 rings (SSSR count). The minimum atomic E-state index is 0.983. The van der Waals surface area contributed by atoms with Crippen molar-refractivity contribution in [3.63, 3.8) is 0 Å². The van der Waals surface area contributed by atoms with Crippen LogP contribution < -0.4 is 0 Å². The lowest BCUT2D eigenvalue weighted by atomic mass is 10.1. The Morgan fingerprint density at radius 3 is 2.45 bits per heavy atom. The monoisotopic (exact) mass is 295 g/mol. The molecule has 2 heterocycles. The van der Waals surface area contributed by atoms with Gasteiger partial charge in [0.25, 0.3) is 0 Å². The molecule has 1 fully saturated rings. The number of allylic oxidation sites excluding steroid dienone is 1. The van der Waals surface area contributed by atoms with E-state index in [1.807, 2.05) is 18.4 Å². The number of rotatable bonds is 6. The Bertz CT molecular complexity index is 611. The van der Waals surface area contributed by atoms with Crippen LogP contribution in [-0.4, -0.2) is 29.2 Å². The normalized spacial score (nSPS) is 16.0. The van der Waals surface area contributed by atoms with Crippen LogP contribution in [0.4, 0.5) is 0 Å². The maximum absolute atomic E-state index is 4.13. The number of nitrogens with one attached hydrogen (secondary N) is 1. The van der Waals surface area contributed by atoms with E-state index in [-0.39, 0.29) is 0 Å². The predicted octanol–water partition coefficient (Wildman–Crippen LogP) is 4.54. The topological polar surface area (TPSA) is 31.4 Å². The lowest BCUT2D eigenvalue weighted by molar-refractivity contribution is 0.295. The van der Waals surface area contributed by atoms with Gasteiger partial charge in [0.05, 0.1) is 0 Å². The quantitative estimate of drug-likeness (QED) is 0.606. The van der Waals surface area contributed by atoms with Crippen molar-refractivity contribution in [1.82, 2.24) is 9.88 Å². The summed E-state index contributed by atoms with van der Waals surface area (Å²) in [6.07, 6.45) is 13.1. The molecule has 1 aromatic heterocycles. The number of aromatic amines is 1. The summed E-state index contributed by atoms with van der Waals surface area (Å²) in [5.74, 6) is 0. The van der Waals surface area contributed by atoms with Crippen molar-refractivity contribution >= 4 is 18.4 Å². The first kappa shape index (κ1) is 16.1. The highest BCUT2D eigenvalue weighted by Gasteiger charge is 2.14. The number of H-pyrrole nitrogens is 1. The van der Waals surface area contributed by atoms with Gasteiger partial charge in [0, 0.05) is 48.2 Å². The van der Waals surface area contributed by atoms with Crippen molar-refractivity contribution in [1.29, 1.82) is 0 Å². The largest absolute Gasteiger partial charge is 0.371 e. The van der Waals surface area contributed by atoms with Gasteiger partial charge < -0.3 is 9.88 Å². The minimum absolute atomic E-state index is 0.983. The maximum Gasteiger partial charge on any atom is 0.0471 e. The summed E-state index contributed by atoms with van der Waals surface area (Å²) in [6, 6.07) is 0. The first-order valence-electron chi connectivity index (χ1n) is 7.79. The van der Waals surface area contributed by atoms with E-state index < -0.39 is 0 Å². The Balaban J connectivity index is 2.38. The van der Waals surface area contributed by atoms with Crippen molar-refractivity contribution in [3.05, 3.63) is 60.2 Å². The summed E-state index contributed by atoms with van der Waals surface area (Å²) >= 11 is 0.